The number of hydrogen-bond acceptors (Lipinski definition) is 4. The molecule has 0 aromatic rings. The molecule has 0 rings (SSSR count). The molecular weight excluding hydrogens is 132 g/mol. The van der Waals surface area contributed by atoms with Crippen LogP contribution < -0.4 is 0 Å². The minimum Gasteiger partial charge on any atom is -0.303 e. The minimum atomic E-state index is 1.62. The lowest BCUT2D eigenvalue weighted by atomic mass is 11.2. The first kappa shape index (κ1) is 12.5. The topological polar surface area (TPSA) is 24.9 Å². The maximum Gasteiger partial charge on any atom is 0.0574 e. The predicted octanol–water partition coefficient (Wildman–Crippen LogP) is 0.219. The molecular formula is C6H18N2O2. The summed E-state index contributed by atoms with van der Waals surface area (Å²) < 4.78 is 0. The molecule has 0 aromatic carbocycles. The standard InChI is InChI=1S/2C3H9NO/c2*1-4(2)5-3/h2*1-3H3. The number of rotatable bonds is 2. The summed E-state index contributed by atoms with van der Waals surface area (Å²) in [7, 11) is 10.6. The van der Waals surface area contributed by atoms with Gasteiger partial charge in [-0.15, -0.1) is 0 Å². The fraction of sp³-hybridized carbons (Fsp3) is 1.00. The Morgan fingerprint density at radius 1 is 0.700 bits per heavy atom. The molecule has 4 heteroatoms. The summed E-state index contributed by atoms with van der Waals surface area (Å²) in [5, 5.41) is 3.25. The van der Waals surface area contributed by atoms with Gasteiger partial charge in [-0.05, 0) is 0 Å². The van der Waals surface area contributed by atoms with Crippen molar-refractivity contribution in [2.75, 3.05) is 42.4 Å². The van der Waals surface area contributed by atoms with Gasteiger partial charge in [0.25, 0.3) is 0 Å². The van der Waals surface area contributed by atoms with Gasteiger partial charge in [0, 0.05) is 28.2 Å². The summed E-state index contributed by atoms with van der Waals surface area (Å²) in [6.45, 7) is 0. The second kappa shape index (κ2) is 8.84. The van der Waals surface area contributed by atoms with Crippen molar-refractivity contribution in [3.05, 3.63) is 0 Å². The van der Waals surface area contributed by atoms with E-state index in [1.165, 1.54) is 0 Å². The van der Waals surface area contributed by atoms with Gasteiger partial charge in [-0.3, -0.25) is 0 Å². The van der Waals surface area contributed by atoms with Crippen LogP contribution in [0.5, 0.6) is 0 Å². The van der Waals surface area contributed by atoms with Crippen molar-refractivity contribution in [2.45, 2.75) is 0 Å². The highest BCUT2D eigenvalue weighted by Gasteiger charge is 1.71. The molecule has 0 amide bonds. The molecule has 0 unspecified atom stereocenters. The molecule has 0 radical (unpaired) electrons. The van der Waals surface area contributed by atoms with Crippen LogP contribution in [-0.2, 0) is 9.68 Å². The Hall–Kier alpha value is -0.160. The molecule has 0 aliphatic carbocycles. The van der Waals surface area contributed by atoms with Gasteiger partial charge < -0.3 is 9.68 Å². The largest absolute Gasteiger partial charge is 0.303 e. The summed E-state index contributed by atoms with van der Waals surface area (Å²) in [6, 6.07) is 0. The Morgan fingerprint density at radius 3 is 0.800 bits per heavy atom. The van der Waals surface area contributed by atoms with Crippen LogP contribution in [-0.4, -0.2) is 52.5 Å². The summed E-state index contributed by atoms with van der Waals surface area (Å²) in [5.74, 6) is 0. The average Bonchev–Trinajstić information content (AvgIpc) is 1.89. The van der Waals surface area contributed by atoms with Gasteiger partial charge in [-0.1, -0.05) is 0 Å². The molecule has 0 heterocycles. The fourth-order valence-corrected chi connectivity index (χ4v) is 0. The molecule has 10 heavy (non-hydrogen) atoms. The highest BCUT2D eigenvalue weighted by molar-refractivity contribution is 3.98. The normalized spacial score (nSPS) is 9.60. The average molecular weight is 150 g/mol. The van der Waals surface area contributed by atoms with E-state index in [4.69, 9.17) is 0 Å². The van der Waals surface area contributed by atoms with Gasteiger partial charge in [0.2, 0.25) is 0 Å². The Labute approximate surface area is 63.2 Å². The monoisotopic (exact) mass is 150 g/mol. The Morgan fingerprint density at radius 2 is 0.800 bits per heavy atom. The molecule has 0 aromatic heterocycles. The van der Waals surface area contributed by atoms with E-state index in [0.29, 0.717) is 0 Å². The van der Waals surface area contributed by atoms with Crippen LogP contribution in [0.3, 0.4) is 0 Å². The Balaban J connectivity index is 0. The SMILES string of the molecule is CON(C)C.CON(C)C. The number of hydrogen-bond donors (Lipinski definition) is 0. The van der Waals surface area contributed by atoms with Crippen LogP contribution in [0.1, 0.15) is 0 Å². The van der Waals surface area contributed by atoms with Crippen LogP contribution in [0.25, 0.3) is 0 Å². The highest BCUT2D eigenvalue weighted by atomic mass is 16.7. The lowest BCUT2D eigenvalue weighted by Crippen LogP contribution is -2.07. The van der Waals surface area contributed by atoms with Crippen LogP contribution in [0, 0.1) is 0 Å². The summed E-state index contributed by atoms with van der Waals surface area (Å²) in [4.78, 5) is 9.17. The first-order valence-electron chi connectivity index (χ1n) is 2.97. The second-order valence-corrected chi connectivity index (χ2v) is 1.99. The molecule has 0 aliphatic rings. The Bertz CT molecular complexity index is 49.7. The van der Waals surface area contributed by atoms with Gasteiger partial charge in [-0.2, -0.15) is 10.1 Å². The van der Waals surface area contributed by atoms with Gasteiger partial charge in [-0.25, -0.2) is 0 Å². The van der Waals surface area contributed by atoms with Crippen molar-refractivity contribution in [1.29, 1.82) is 0 Å². The molecule has 64 valence electrons. The lowest BCUT2D eigenvalue weighted by molar-refractivity contribution is -0.0856. The first-order chi connectivity index (χ1) is 4.54. The van der Waals surface area contributed by atoms with Gasteiger partial charge in [0.15, 0.2) is 0 Å². The van der Waals surface area contributed by atoms with E-state index in [1.54, 1.807) is 24.3 Å². The van der Waals surface area contributed by atoms with Crippen molar-refractivity contribution in [2.24, 2.45) is 0 Å². The molecule has 0 saturated heterocycles. The van der Waals surface area contributed by atoms with E-state index in [0.717, 1.165) is 0 Å². The van der Waals surface area contributed by atoms with Crippen molar-refractivity contribution in [1.82, 2.24) is 10.1 Å². The Kier molecular flexibility index (Phi) is 11.1. The summed E-state index contributed by atoms with van der Waals surface area (Å²) >= 11 is 0. The number of nitrogens with zero attached hydrogens (tertiary/aromatic N) is 2. The third kappa shape index (κ3) is 24.9. The number of hydroxylamine groups is 4. The molecule has 0 saturated carbocycles. The van der Waals surface area contributed by atoms with Crippen molar-refractivity contribution in [3.63, 3.8) is 0 Å². The first-order valence-corrected chi connectivity index (χ1v) is 2.97. The molecule has 4 nitrogen and oxygen atoms in total. The zero-order valence-corrected chi connectivity index (χ0v) is 7.71. The lowest BCUT2D eigenvalue weighted by Gasteiger charge is -2.01. The molecule has 0 atom stereocenters. The van der Waals surface area contributed by atoms with E-state index in [1.807, 2.05) is 28.2 Å². The smallest absolute Gasteiger partial charge is 0.0574 e. The highest BCUT2D eigenvalue weighted by Crippen LogP contribution is 1.64. The van der Waals surface area contributed by atoms with Gasteiger partial charge in [0.05, 0.1) is 14.2 Å². The van der Waals surface area contributed by atoms with Crippen molar-refractivity contribution in [3.8, 4) is 0 Å². The molecule has 0 spiro atoms. The maximum absolute atomic E-state index is 4.58. The third-order valence-corrected chi connectivity index (χ3v) is 0.730. The van der Waals surface area contributed by atoms with E-state index in [2.05, 4.69) is 9.68 Å². The van der Waals surface area contributed by atoms with Crippen LogP contribution in [0.2, 0.25) is 0 Å². The van der Waals surface area contributed by atoms with Crippen LogP contribution in [0.15, 0.2) is 0 Å². The minimum absolute atomic E-state index is 1.62. The van der Waals surface area contributed by atoms with E-state index < -0.39 is 0 Å². The maximum atomic E-state index is 4.58. The van der Waals surface area contributed by atoms with Crippen molar-refractivity contribution >= 4 is 0 Å². The van der Waals surface area contributed by atoms with Crippen LogP contribution >= 0.6 is 0 Å². The van der Waals surface area contributed by atoms with E-state index >= 15 is 0 Å². The van der Waals surface area contributed by atoms with E-state index in [9.17, 15) is 0 Å². The van der Waals surface area contributed by atoms with E-state index in [-0.39, 0.29) is 0 Å². The summed E-state index contributed by atoms with van der Waals surface area (Å²) in [5.41, 5.74) is 0. The fourth-order valence-electron chi connectivity index (χ4n) is 0. The summed E-state index contributed by atoms with van der Waals surface area (Å²) in [6.07, 6.45) is 0. The zero-order chi connectivity index (χ0) is 8.57. The second-order valence-electron chi connectivity index (χ2n) is 1.99. The molecule has 0 fully saturated rings. The van der Waals surface area contributed by atoms with Crippen LogP contribution in [0.4, 0.5) is 0 Å². The molecule has 0 bridgehead atoms. The zero-order valence-electron chi connectivity index (χ0n) is 7.71. The molecule has 0 aliphatic heterocycles. The van der Waals surface area contributed by atoms with Gasteiger partial charge in [0.1, 0.15) is 0 Å². The quantitative estimate of drug-likeness (QED) is 0.526. The third-order valence-electron chi connectivity index (χ3n) is 0.730. The van der Waals surface area contributed by atoms with Crippen molar-refractivity contribution < 1.29 is 9.68 Å². The molecule has 0 N–H and O–H groups in total. The predicted molar refractivity (Wildman–Crippen MR) is 41.4 cm³/mol. The van der Waals surface area contributed by atoms with Gasteiger partial charge >= 0.3 is 0 Å².